The minimum absolute atomic E-state index is 0.177. The van der Waals surface area contributed by atoms with Gasteiger partial charge in [-0.15, -0.1) is 0 Å². The Morgan fingerprint density at radius 2 is 2.00 bits per heavy atom. The molecule has 68 valence electrons. The third-order valence-corrected chi connectivity index (χ3v) is 2.35. The summed E-state index contributed by atoms with van der Waals surface area (Å²) < 4.78 is 0. The molecule has 0 bridgehead atoms. The lowest BCUT2D eigenvalue weighted by Crippen LogP contribution is -2.02. The van der Waals surface area contributed by atoms with Crippen molar-refractivity contribution in [3.05, 3.63) is 12.2 Å². The maximum absolute atomic E-state index is 10.2. The van der Waals surface area contributed by atoms with Crippen LogP contribution in [0.25, 0.3) is 0 Å². The first kappa shape index (κ1) is 9.30. The Morgan fingerprint density at radius 3 is 2.58 bits per heavy atom. The first-order valence-electron chi connectivity index (χ1n) is 4.67. The summed E-state index contributed by atoms with van der Waals surface area (Å²) in [5, 5.41) is 8.39. The van der Waals surface area contributed by atoms with Gasteiger partial charge < -0.3 is 5.11 Å². The molecule has 0 heterocycles. The lowest BCUT2D eigenvalue weighted by atomic mass is 9.89. The molecule has 2 nitrogen and oxygen atoms in total. The third kappa shape index (κ3) is 3.56. The SMILES string of the molecule is O=C(O)C/C=C/C1CCCCC1. The molecular weight excluding hydrogens is 152 g/mol. The lowest BCUT2D eigenvalue weighted by molar-refractivity contribution is -0.136. The van der Waals surface area contributed by atoms with Crippen molar-refractivity contribution in [1.82, 2.24) is 0 Å². The molecule has 0 aromatic heterocycles. The topological polar surface area (TPSA) is 37.3 Å². The molecule has 0 radical (unpaired) electrons. The summed E-state index contributed by atoms with van der Waals surface area (Å²) in [6, 6.07) is 0. The van der Waals surface area contributed by atoms with E-state index in [9.17, 15) is 4.79 Å². The van der Waals surface area contributed by atoms with Gasteiger partial charge in [0.25, 0.3) is 0 Å². The van der Waals surface area contributed by atoms with Crippen LogP contribution in [0.3, 0.4) is 0 Å². The summed E-state index contributed by atoms with van der Waals surface area (Å²) in [4.78, 5) is 10.2. The fourth-order valence-corrected chi connectivity index (χ4v) is 1.69. The Bertz CT molecular complexity index is 167. The predicted molar refractivity (Wildman–Crippen MR) is 48.0 cm³/mol. The van der Waals surface area contributed by atoms with Crippen LogP contribution in [-0.4, -0.2) is 11.1 Å². The highest BCUT2D eigenvalue weighted by Crippen LogP contribution is 2.24. The van der Waals surface area contributed by atoms with Gasteiger partial charge in [0.2, 0.25) is 0 Å². The molecule has 0 aromatic rings. The largest absolute Gasteiger partial charge is 0.481 e. The smallest absolute Gasteiger partial charge is 0.307 e. The summed E-state index contributed by atoms with van der Waals surface area (Å²) in [5.74, 6) is -0.0832. The number of hydrogen-bond acceptors (Lipinski definition) is 1. The molecule has 1 aliphatic carbocycles. The normalized spacial score (nSPS) is 20.0. The van der Waals surface area contributed by atoms with Crippen LogP contribution in [0, 0.1) is 5.92 Å². The molecule has 1 aliphatic rings. The van der Waals surface area contributed by atoms with Crippen molar-refractivity contribution in [1.29, 1.82) is 0 Å². The second-order valence-electron chi connectivity index (χ2n) is 3.42. The van der Waals surface area contributed by atoms with Crippen molar-refractivity contribution in [2.75, 3.05) is 0 Å². The van der Waals surface area contributed by atoms with Gasteiger partial charge in [0.1, 0.15) is 0 Å². The van der Waals surface area contributed by atoms with Crippen molar-refractivity contribution >= 4 is 5.97 Å². The Morgan fingerprint density at radius 1 is 1.33 bits per heavy atom. The fourth-order valence-electron chi connectivity index (χ4n) is 1.69. The van der Waals surface area contributed by atoms with E-state index < -0.39 is 5.97 Å². The minimum Gasteiger partial charge on any atom is -0.481 e. The van der Waals surface area contributed by atoms with E-state index >= 15 is 0 Å². The summed E-state index contributed by atoms with van der Waals surface area (Å²) in [6.45, 7) is 0. The van der Waals surface area contributed by atoms with Crippen molar-refractivity contribution < 1.29 is 9.90 Å². The monoisotopic (exact) mass is 168 g/mol. The van der Waals surface area contributed by atoms with Crippen molar-refractivity contribution in [2.45, 2.75) is 38.5 Å². The zero-order chi connectivity index (χ0) is 8.81. The molecule has 1 N–H and O–H groups in total. The van der Waals surface area contributed by atoms with Gasteiger partial charge in [0.05, 0.1) is 6.42 Å². The van der Waals surface area contributed by atoms with E-state index in [1.807, 2.05) is 0 Å². The number of rotatable bonds is 3. The molecule has 0 spiro atoms. The average Bonchev–Trinajstić information content (AvgIpc) is 2.05. The van der Waals surface area contributed by atoms with Gasteiger partial charge in [-0.05, 0) is 18.8 Å². The van der Waals surface area contributed by atoms with Crippen molar-refractivity contribution in [2.24, 2.45) is 5.92 Å². The highest BCUT2D eigenvalue weighted by atomic mass is 16.4. The van der Waals surface area contributed by atoms with Crippen molar-refractivity contribution in [3.8, 4) is 0 Å². The van der Waals surface area contributed by atoms with Crippen molar-refractivity contribution in [3.63, 3.8) is 0 Å². The van der Waals surface area contributed by atoms with Crippen LogP contribution < -0.4 is 0 Å². The van der Waals surface area contributed by atoms with E-state index in [4.69, 9.17) is 5.11 Å². The number of allylic oxidation sites excluding steroid dienone is 1. The maximum atomic E-state index is 10.2. The average molecular weight is 168 g/mol. The van der Waals surface area contributed by atoms with E-state index in [0.29, 0.717) is 5.92 Å². The summed E-state index contributed by atoms with van der Waals surface area (Å²) in [7, 11) is 0. The first-order valence-corrected chi connectivity index (χ1v) is 4.67. The maximum Gasteiger partial charge on any atom is 0.307 e. The van der Waals surface area contributed by atoms with E-state index in [1.165, 1.54) is 32.1 Å². The van der Waals surface area contributed by atoms with Crippen LogP contribution in [0.1, 0.15) is 38.5 Å². The highest BCUT2D eigenvalue weighted by molar-refractivity contribution is 5.68. The quantitative estimate of drug-likeness (QED) is 0.658. The Balaban J connectivity index is 2.19. The van der Waals surface area contributed by atoms with Crippen LogP contribution in [0.15, 0.2) is 12.2 Å². The van der Waals surface area contributed by atoms with Gasteiger partial charge in [0.15, 0.2) is 0 Å². The van der Waals surface area contributed by atoms with Gasteiger partial charge in [-0.1, -0.05) is 31.4 Å². The molecule has 12 heavy (non-hydrogen) atoms. The predicted octanol–water partition coefficient (Wildman–Crippen LogP) is 2.60. The van der Waals surface area contributed by atoms with Gasteiger partial charge in [-0.3, -0.25) is 4.79 Å². The molecule has 0 unspecified atom stereocenters. The molecule has 0 saturated heterocycles. The van der Waals surface area contributed by atoms with Gasteiger partial charge in [-0.2, -0.15) is 0 Å². The molecule has 1 rings (SSSR count). The zero-order valence-corrected chi connectivity index (χ0v) is 7.33. The van der Waals surface area contributed by atoms with E-state index in [1.54, 1.807) is 6.08 Å². The molecule has 1 saturated carbocycles. The Labute approximate surface area is 73.3 Å². The minimum atomic E-state index is -0.734. The first-order chi connectivity index (χ1) is 5.79. The molecule has 0 aliphatic heterocycles. The van der Waals surface area contributed by atoms with E-state index in [-0.39, 0.29) is 6.42 Å². The van der Waals surface area contributed by atoms with E-state index in [2.05, 4.69) is 6.08 Å². The second kappa shape index (κ2) is 4.96. The van der Waals surface area contributed by atoms with Crippen LogP contribution >= 0.6 is 0 Å². The Kier molecular flexibility index (Phi) is 3.85. The molecule has 0 aromatic carbocycles. The molecule has 0 amide bonds. The summed E-state index contributed by atoms with van der Waals surface area (Å²) >= 11 is 0. The number of carbonyl (C=O) groups is 1. The standard InChI is InChI=1S/C10H16O2/c11-10(12)8-4-7-9-5-2-1-3-6-9/h4,7,9H,1-3,5-6,8H2,(H,11,12)/b7-4+. The Hall–Kier alpha value is -0.790. The third-order valence-electron chi connectivity index (χ3n) is 2.35. The van der Waals surface area contributed by atoms with Gasteiger partial charge in [-0.25, -0.2) is 0 Å². The van der Waals surface area contributed by atoms with Crippen LogP contribution in [0.4, 0.5) is 0 Å². The molecule has 0 atom stereocenters. The molecule has 1 fully saturated rings. The van der Waals surface area contributed by atoms with Crippen LogP contribution in [0.5, 0.6) is 0 Å². The molecule has 2 heteroatoms. The number of carboxylic acids is 1. The second-order valence-corrected chi connectivity index (χ2v) is 3.42. The van der Waals surface area contributed by atoms with Crippen LogP contribution in [0.2, 0.25) is 0 Å². The number of carboxylic acid groups (broad SMARTS) is 1. The molecular formula is C10H16O2. The van der Waals surface area contributed by atoms with Gasteiger partial charge in [0, 0.05) is 0 Å². The van der Waals surface area contributed by atoms with Gasteiger partial charge >= 0.3 is 5.97 Å². The number of hydrogen-bond donors (Lipinski definition) is 1. The highest BCUT2D eigenvalue weighted by Gasteiger charge is 2.09. The zero-order valence-electron chi connectivity index (χ0n) is 7.33. The van der Waals surface area contributed by atoms with Crippen LogP contribution in [-0.2, 0) is 4.79 Å². The lowest BCUT2D eigenvalue weighted by Gasteiger charge is -2.17. The van der Waals surface area contributed by atoms with E-state index in [0.717, 1.165) is 0 Å². The number of aliphatic carboxylic acids is 1. The summed E-state index contributed by atoms with van der Waals surface area (Å²) in [6.07, 6.45) is 10.5. The summed E-state index contributed by atoms with van der Waals surface area (Å²) in [5.41, 5.74) is 0. The fraction of sp³-hybridized carbons (Fsp3) is 0.700.